The van der Waals surface area contributed by atoms with Gasteiger partial charge in [0, 0.05) is 30.0 Å². The van der Waals surface area contributed by atoms with Crippen LogP contribution in [0.5, 0.6) is 5.75 Å². The molecule has 0 saturated heterocycles. The molecule has 1 N–H and O–H groups in total. The van der Waals surface area contributed by atoms with E-state index in [0.29, 0.717) is 11.4 Å². The second kappa shape index (κ2) is 10.7. The maximum Gasteiger partial charge on any atom is 0.413 e. The highest BCUT2D eigenvalue weighted by Crippen LogP contribution is 2.39. The van der Waals surface area contributed by atoms with Crippen LogP contribution in [0.15, 0.2) is 47.1 Å². The number of fused-ring (bicyclic) bond motifs is 2. The number of methoxy groups -OCH3 is 1. The van der Waals surface area contributed by atoms with E-state index in [1.165, 1.54) is 7.11 Å². The van der Waals surface area contributed by atoms with Crippen LogP contribution < -0.4 is 10.1 Å². The molecule has 7 nitrogen and oxygen atoms in total. The minimum atomic E-state index is -0.810. The van der Waals surface area contributed by atoms with E-state index in [1.54, 1.807) is 6.26 Å². The monoisotopic (exact) mass is 498 g/mol. The number of nitrogens with zero attached hydrogens (tertiary/aromatic N) is 1. The van der Waals surface area contributed by atoms with Gasteiger partial charge in [-0.2, -0.15) is 0 Å². The summed E-state index contributed by atoms with van der Waals surface area (Å²) in [4.78, 5) is 27.2. The zero-order valence-corrected chi connectivity index (χ0v) is 21.2. The number of amides is 1. The molecule has 1 aliphatic heterocycles. The first-order valence-corrected chi connectivity index (χ1v) is 12.2. The van der Waals surface area contributed by atoms with Crippen molar-refractivity contribution in [3.8, 4) is 5.75 Å². The fourth-order valence-corrected chi connectivity index (χ4v) is 4.88. The fraction of sp³-hybridized carbons (Fsp3) is 0.407. The summed E-state index contributed by atoms with van der Waals surface area (Å²) in [5, 5.41) is 4.03. The SMILES string of the molecule is CCC(C)[C@H](NC(=O)Oc1cc2c(cc1Cl)CCN(C)CC2c1cccc2ccoc12)C(=O)OC. The molecule has 3 atom stereocenters. The zero-order chi connectivity index (χ0) is 25.1. The number of ether oxygens (including phenoxy) is 2. The van der Waals surface area contributed by atoms with Crippen LogP contribution in [0, 0.1) is 5.92 Å². The highest BCUT2D eigenvalue weighted by Gasteiger charge is 2.30. The number of benzene rings is 2. The molecule has 0 bridgehead atoms. The lowest BCUT2D eigenvalue weighted by molar-refractivity contribution is -0.144. The first-order chi connectivity index (χ1) is 16.8. The molecule has 2 unspecified atom stereocenters. The Kier molecular flexibility index (Phi) is 7.67. The lowest BCUT2D eigenvalue weighted by atomic mass is 9.87. The maximum atomic E-state index is 12.8. The van der Waals surface area contributed by atoms with Crippen molar-refractivity contribution in [3.63, 3.8) is 0 Å². The molecule has 4 rings (SSSR count). The Morgan fingerprint density at radius 1 is 1.26 bits per heavy atom. The average Bonchev–Trinajstić information content (AvgIpc) is 3.28. The first-order valence-electron chi connectivity index (χ1n) is 11.9. The highest BCUT2D eigenvalue weighted by atomic mass is 35.5. The molecule has 1 aromatic heterocycles. The number of hydrogen-bond donors (Lipinski definition) is 1. The maximum absolute atomic E-state index is 12.8. The van der Waals surface area contributed by atoms with Crippen molar-refractivity contribution in [3.05, 3.63) is 64.4 Å². The van der Waals surface area contributed by atoms with Gasteiger partial charge in [0.2, 0.25) is 0 Å². The van der Waals surface area contributed by atoms with Gasteiger partial charge in [-0.15, -0.1) is 0 Å². The van der Waals surface area contributed by atoms with E-state index < -0.39 is 18.1 Å². The molecular formula is C27H31ClN2O5. The normalized spacial score (nSPS) is 17.8. The number of esters is 1. The Morgan fingerprint density at radius 2 is 2.06 bits per heavy atom. The predicted molar refractivity (Wildman–Crippen MR) is 135 cm³/mol. The van der Waals surface area contributed by atoms with E-state index in [0.717, 1.165) is 47.2 Å². The Bertz CT molecular complexity index is 1220. The van der Waals surface area contributed by atoms with Gasteiger partial charge in [0.15, 0.2) is 5.75 Å². The first kappa shape index (κ1) is 25.1. The fourth-order valence-electron chi connectivity index (χ4n) is 4.65. The molecule has 0 radical (unpaired) electrons. The second-order valence-corrected chi connectivity index (χ2v) is 9.56. The Morgan fingerprint density at radius 3 is 2.80 bits per heavy atom. The van der Waals surface area contributed by atoms with Gasteiger partial charge >= 0.3 is 12.1 Å². The van der Waals surface area contributed by atoms with Gasteiger partial charge in [-0.1, -0.05) is 50.1 Å². The largest absolute Gasteiger partial charge is 0.467 e. The van der Waals surface area contributed by atoms with Crippen molar-refractivity contribution >= 4 is 34.6 Å². The zero-order valence-electron chi connectivity index (χ0n) is 20.5. The van der Waals surface area contributed by atoms with Crippen molar-refractivity contribution in [2.75, 3.05) is 27.2 Å². The van der Waals surface area contributed by atoms with Crippen LogP contribution in [0.4, 0.5) is 4.79 Å². The van der Waals surface area contributed by atoms with Gasteiger partial charge in [0.05, 0.1) is 18.4 Å². The van der Waals surface area contributed by atoms with E-state index in [2.05, 4.69) is 23.3 Å². The predicted octanol–water partition coefficient (Wildman–Crippen LogP) is 5.38. The smallest absolute Gasteiger partial charge is 0.413 e. The molecule has 2 heterocycles. The molecule has 1 amide bonds. The third kappa shape index (κ3) is 5.31. The number of halogens is 1. The number of rotatable bonds is 6. The Hall–Kier alpha value is -3.03. The standard InChI is InChI=1S/C27H31ClN2O5/c1-5-16(2)24(26(31)33-4)29-27(32)35-23-14-20-18(13-22(23)28)9-11-30(3)15-21(20)19-8-6-7-17-10-12-34-25(17)19/h6-8,10,12-14,16,21,24H,5,9,11,15H2,1-4H3,(H,29,32)/t16?,21?,24-/m0/s1. The molecule has 3 aromatic rings. The molecule has 1 aliphatic rings. The van der Waals surface area contributed by atoms with E-state index in [-0.39, 0.29) is 17.6 Å². The summed E-state index contributed by atoms with van der Waals surface area (Å²) in [6.45, 7) is 5.46. The summed E-state index contributed by atoms with van der Waals surface area (Å²) in [7, 11) is 3.39. The van der Waals surface area contributed by atoms with Crippen molar-refractivity contribution < 1.29 is 23.5 Å². The molecule has 186 valence electrons. The van der Waals surface area contributed by atoms with Crippen LogP contribution in [-0.2, 0) is 16.0 Å². The lowest BCUT2D eigenvalue weighted by Gasteiger charge is -2.23. The van der Waals surface area contributed by atoms with Crippen molar-refractivity contribution in [2.45, 2.75) is 38.6 Å². The summed E-state index contributed by atoms with van der Waals surface area (Å²) >= 11 is 6.55. The van der Waals surface area contributed by atoms with E-state index in [9.17, 15) is 9.59 Å². The number of para-hydroxylation sites is 1. The Labute approximate surface area is 210 Å². The number of hydrogen-bond acceptors (Lipinski definition) is 6. The summed E-state index contributed by atoms with van der Waals surface area (Å²) in [5.74, 6) is -0.389. The van der Waals surface area contributed by atoms with E-state index in [1.807, 2.05) is 44.2 Å². The van der Waals surface area contributed by atoms with Crippen LogP contribution in [0.1, 0.15) is 42.9 Å². The van der Waals surface area contributed by atoms with Gasteiger partial charge in [-0.3, -0.25) is 0 Å². The van der Waals surface area contributed by atoms with Gasteiger partial charge in [-0.05, 0) is 48.7 Å². The third-order valence-corrected chi connectivity index (χ3v) is 7.15. The number of nitrogens with one attached hydrogen (secondary N) is 1. The van der Waals surface area contributed by atoms with Crippen LogP contribution in [0.3, 0.4) is 0 Å². The topological polar surface area (TPSA) is 81.0 Å². The molecule has 8 heteroatoms. The average molecular weight is 499 g/mol. The van der Waals surface area contributed by atoms with Gasteiger partial charge in [0.25, 0.3) is 0 Å². The van der Waals surface area contributed by atoms with Crippen LogP contribution in [0.25, 0.3) is 11.0 Å². The minimum absolute atomic E-state index is 0.00189. The third-order valence-electron chi connectivity index (χ3n) is 6.86. The van der Waals surface area contributed by atoms with Crippen molar-refractivity contribution in [1.82, 2.24) is 10.2 Å². The van der Waals surface area contributed by atoms with Crippen LogP contribution >= 0.6 is 11.6 Å². The minimum Gasteiger partial charge on any atom is -0.467 e. The molecule has 0 aliphatic carbocycles. The molecule has 2 aromatic carbocycles. The van der Waals surface area contributed by atoms with Crippen molar-refractivity contribution in [2.24, 2.45) is 5.92 Å². The molecule has 0 saturated carbocycles. The lowest BCUT2D eigenvalue weighted by Crippen LogP contribution is -2.46. The summed E-state index contributed by atoms with van der Waals surface area (Å²) < 4.78 is 16.3. The Balaban J connectivity index is 1.68. The molecule has 35 heavy (non-hydrogen) atoms. The molecular weight excluding hydrogens is 468 g/mol. The summed E-state index contributed by atoms with van der Waals surface area (Å²) in [5.41, 5.74) is 4.07. The van der Waals surface area contributed by atoms with Gasteiger partial charge < -0.3 is 24.1 Å². The number of furan rings is 1. The van der Waals surface area contributed by atoms with Crippen molar-refractivity contribution in [1.29, 1.82) is 0 Å². The van der Waals surface area contributed by atoms with Crippen LogP contribution in [0.2, 0.25) is 5.02 Å². The number of carbonyl (C=O) groups is 2. The van der Waals surface area contributed by atoms with Gasteiger partial charge in [0.1, 0.15) is 11.6 Å². The summed E-state index contributed by atoms with van der Waals surface area (Å²) in [6.07, 6.45) is 2.46. The van der Waals surface area contributed by atoms with Crippen LogP contribution in [-0.4, -0.2) is 50.3 Å². The molecule has 0 fully saturated rings. The van der Waals surface area contributed by atoms with E-state index in [4.69, 9.17) is 25.5 Å². The van der Waals surface area contributed by atoms with E-state index >= 15 is 0 Å². The highest BCUT2D eigenvalue weighted by molar-refractivity contribution is 6.32. The van der Waals surface area contributed by atoms with Gasteiger partial charge in [-0.25, -0.2) is 9.59 Å². The number of likely N-dealkylation sites (N-methyl/N-ethyl adjacent to an activating group) is 1. The second-order valence-electron chi connectivity index (χ2n) is 9.15. The number of carbonyl (C=O) groups excluding carboxylic acids is 2. The summed E-state index contributed by atoms with van der Waals surface area (Å²) in [6, 6.07) is 11.0. The quantitative estimate of drug-likeness (QED) is 0.459. The molecule has 0 spiro atoms.